The van der Waals surface area contributed by atoms with Crippen LogP contribution in [0.5, 0.6) is 0 Å². The van der Waals surface area contributed by atoms with Crippen LogP contribution in [-0.4, -0.2) is 22.4 Å². The minimum atomic E-state index is -1.09. The second kappa shape index (κ2) is 9.99. The van der Waals surface area contributed by atoms with Crippen molar-refractivity contribution in [1.82, 2.24) is 0 Å². The van der Waals surface area contributed by atoms with Crippen LogP contribution in [0, 0.1) is 13.8 Å². The molecule has 6 aromatic carbocycles. The predicted octanol–water partition coefficient (Wildman–Crippen LogP) is 10.2. The molecule has 2 aliphatic rings. The Kier molecular flexibility index (Phi) is 5.91. The molecule has 6 heteroatoms. The first kappa shape index (κ1) is 26.0. The van der Waals surface area contributed by atoms with Crippen molar-refractivity contribution >= 4 is 50.6 Å². The highest BCUT2D eigenvalue weighted by atomic mass is 15.7. The Morgan fingerprint density at radius 3 is 1.70 bits per heavy atom. The molecule has 1 atom stereocenters. The zero-order valence-electron chi connectivity index (χ0n) is 25.0. The lowest BCUT2D eigenvalue weighted by Gasteiger charge is -2.43. The van der Waals surface area contributed by atoms with Gasteiger partial charge in [0.25, 0.3) is 0 Å². The number of rotatable bonds is 3. The largest absolute Gasteiger partial charge is 0.595 e. The Morgan fingerprint density at radius 2 is 1.09 bits per heavy atom. The zero-order chi connectivity index (χ0) is 29.8. The normalized spacial score (nSPS) is 17.2. The van der Waals surface area contributed by atoms with Crippen LogP contribution >= 0.6 is 0 Å². The maximum absolute atomic E-state index is 5.51. The number of para-hydroxylation sites is 3. The summed E-state index contributed by atoms with van der Waals surface area (Å²) in [6.07, 6.45) is 0. The number of fused-ring (bicyclic) bond motifs is 3. The molecule has 2 aliphatic heterocycles. The molecule has 0 saturated carbocycles. The quantitative estimate of drug-likeness (QED) is 0.198. The second-order valence-corrected chi connectivity index (χ2v) is 11.5. The van der Waals surface area contributed by atoms with Crippen molar-refractivity contribution in [2.24, 2.45) is 10.2 Å². The Bertz CT molecular complexity index is 2100. The third-order valence-corrected chi connectivity index (χ3v) is 8.59. The summed E-state index contributed by atoms with van der Waals surface area (Å²) in [5.74, 6) is -1.09. The molecule has 8 rings (SSSR count). The van der Waals surface area contributed by atoms with E-state index < -0.39 is 5.91 Å². The summed E-state index contributed by atoms with van der Waals surface area (Å²) in [5, 5.41) is 13.3. The van der Waals surface area contributed by atoms with Gasteiger partial charge in [-0.3, -0.25) is 0 Å². The summed E-state index contributed by atoms with van der Waals surface area (Å²) < 4.78 is 4.27. The fourth-order valence-electron chi connectivity index (χ4n) is 6.79. The van der Waals surface area contributed by atoms with Gasteiger partial charge in [0.05, 0.1) is 17.1 Å². The van der Waals surface area contributed by atoms with E-state index in [0.717, 1.165) is 56.1 Å². The summed E-state index contributed by atoms with van der Waals surface area (Å²) in [6, 6.07) is 48.8. The molecule has 6 nitrogen and oxygen atoms in total. The fourth-order valence-corrected chi connectivity index (χ4v) is 6.79. The summed E-state index contributed by atoms with van der Waals surface area (Å²) >= 11 is 0. The number of nitrogens with zero attached hydrogens (tertiary/aromatic N) is 6. The molecular formula is C38H32N6+2. The van der Waals surface area contributed by atoms with E-state index >= 15 is 0 Å². The lowest BCUT2D eigenvalue weighted by atomic mass is 10.0. The van der Waals surface area contributed by atoms with Gasteiger partial charge in [-0.25, -0.2) is 4.90 Å². The maximum atomic E-state index is 5.51. The van der Waals surface area contributed by atoms with Crippen LogP contribution in [0.15, 0.2) is 150 Å². The number of hydrogen-bond donors (Lipinski definition) is 0. The average molecular weight is 573 g/mol. The Labute approximate surface area is 257 Å². The topological polar surface area (TPSA) is 37.2 Å². The molecule has 0 amide bonds. The molecule has 0 bridgehead atoms. The third kappa shape index (κ3) is 3.81. The molecule has 1 spiro atoms. The highest BCUT2D eigenvalue weighted by Crippen LogP contribution is 2.54. The molecule has 0 fully saturated rings. The molecule has 44 heavy (non-hydrogen) atoms. The summed E-state index contributed by atoms with van der Waals surface area (Å²) in [7, 11) is 2.17. The Balaban J connectivity index is 1.58. The molecule has 0 N–H and O–H groups in total. The predicted molar refractivity (Wildman–Crippen MR) is 176 cm³/mol. The third-order valence-electron chi connectivity index (χ3n) is 8.59. The highest BCUT2D eigenvalue weighted by molar-refractivity contribution is 5.93. The SMILES string of the molecule is Cc1cc(C)c2c(c1)N=[N+](c1ccccc1)[C@]1(N2C)N(c2ccccc2)c2cc3ccccc3cc2N=[N+]1c1ccccc1. The van der Waals surface area contributed by atoms with E-state index in [1.165, 1.54) is 5.56 Å². The van der Waals surface area contributed by atoms with Crippen molar-refractivity contribution in [3.63, 3.8) is 0 Å². The van der Waals surface area contributed by atoms with E-state index in [-0.39, 0.29) is 0 Å². The molecule has 2 heterocycles. The first-order valence-corrected chi connectivity index (χ1v) is 14.9. The van der Waals surface area contributed by atoms with E-state index in [2.05, 4.69) is 167 Å². The van der Waals surface area contributed by atoms with E-state index in [9.17, 15) is 0 Å². The van der Waals surface area contributed by atoms with Crippen molar-refractivity contribution in [2.45, 2.75) is 19.8 Å². The van der Waals surface area contributed by atoms with Gasteiger partial charge in [-0.15, -0.1) is 0 Å². The van der Waals surface area contributed by atoms with Gasteiger partial charge in [0.2, 0.25) is 11.4 Å². The van der Waals surface area contributed by atoms with Crippen molar-refractivity contribution in [2.75, 3.05) is 16.8 Å². The van der Waals surface area contributed by atoms with E-state index in [1.54, 1.807) is 0 Å². The standard InChI is InChI=1S/C38H32N6/c1-27-23-28(2)37-35(24-27)40-44(33-21-11-6-12-22-33)38(41(37)3)42(31-17-7-4-8-18-31)36-26-30-16-14-13-15-29(30)25-34(36)39-43(38)32-19-9-5-10-20-32/h4-26H,1-3H3/q+2/t38-/m1/s1. The molecule has 6 aromatic rings. The van der Waals surface area contributed by atoms with Crippen molar-refractivity contribution in [3.8, 4) is 0 Å². The van der Waals surface area contributed by atoms with Crippen LogP contribution in [0.1, 0.15) is 11.1 Å². The first-order valence-electron chi connectivity index (χ1n) is 14.9. The van der Waals surface area contributed by atoms with Crippen molar-refractivity contribution in [3.05, 3.63) is 151 Å². The number of azo groups is 4. The molecule has 0 radical (unpaired) electrons. The molecule has 0 aromatic heterocycles. The minimum Gasteiger partial charge on any atom is -0.227 e. The summed E-state index contributed by atoms with van der Waals surface area (Å²) in [4.78, 5) is 4.74. The lowest BCUT2D eigenvalue weighted by Crippen LogP contribution is -2.71. The van der Waals surface area contributed by atoms with E-state index in [4.69, 9.17) is 10.2 Å². The number of benzene rings is 6. The molecule has 0 saturated heterocycles. The number of anilines is 3. The van der Waals surface area contributed by atoms with Crippen LogP contribution in [0.4, 0.5) is 39.8 Å². The van der Waals surface area contributed by atoms with Gasteiger partial charge >= 0.3 is 5.91 Å². The zero-order valence-corrected chi connectivity index (χ0v) is 25.0. The van der Waals surface area contributed by atoms with Crippen molar-refractivity contribution < 1.29 is 9.39 Å². The van der Waals surface area contributed by atoms with Crippen LogP contribution in [0.2, 0.25) is 0 Å². The lowest BCUT2D eigenvalue weighted by molar-refractivity contribution is -0.814. The molecule has 0 aliphatic carbocycles. The van der Waals surface area contributed by atoms with E-state index in [1.807, 2.05) is 12.1 Å². The van der Waals surface area contributed by atoms with Gasteiger partial charge in [-0.1, -0.05) is 84.9 Å². The Morgan fingerprint density at radius 1 is 0.568 bits per heavy atom. The van der Waals surface area contributed by atoms with Gasteiger partial charge in [-0.2, -0.15) is 4.90 Å². The molecular weight excluding hydrogens is 540 g/mol. The number of hydrogen-bond acceptors (Lipinski definition) is 4. The average Bonchev–Trinajstić information content (AvgIpc) is 3.06. The van der Waals surface area contributed by atoms with Gasteiger partial charge in [-0.05, 0) is 66.1 Å². The van der Waals surface area contributed by atoms with Gasteiger partial charge in [0.15, 0.2) is 11.4 Å². The van der Waals surface area contributed by atoms with Gasteiger partial charge in [0, 0.05) is 50.9 Å². The monoisotopic (exact) mass is 572 g/mol. The molecule has 212 valence electrons. The van der Waals surface area contributed by atoms with Gasteiger partial charge < -0.3 is 0 Å². The fraction of sp³-hybridized carbons (Fsp3) is 0.105. The molecule has 0 unspecified atom stereocenters. The van der Waals surface area contributed by atoms with Crippen LogP contribution in [0.25, 0.3) is 10.8 Å². The minimum absolute atomic E-state index is 0.884. The van der Waals surface area contributed by atoms with Gasteiger partial charge in [0.1, 0.15) is 0 Å². The smallest absolute Gasteiger partial charge is 0.227 e. The van der Waals surface area contributed by atoms with E-state index in [0.29, 0.717) is 0 Å². The number of aryl methyl sites for hydroxylation is 2. The van der Waals surface area contributed by atoms with Crippen LogP contribution in [0.3, 0.4) is 0 Å². The first-order chi connectivity index (χ1) is 21.6. The summed E-state index contributed by atoms with van der Waals surface area (Å²) in [6.45, 7) is 4.30. The summed E-state index contributed by atoms with van der Waals surface area (Å²) in [5.41, 5.74) is 9.11. The van der Waals surface area contributed by atoms with Crippen LogP contribution < -0.4 is 9.80 Å². The van der Waals surface area contributed by atoms with Crippen LogP contribution in [-0.2, 0) is 0 Å². The highest BCUT2D eigenvalue weighted by Gasteiger charge is 2.72. The van der Waals surface area contributed by atoms with Crippen molar-refractivity contribution in [1.29, 1.82) is 0 Å². The maximum Gasteiger partial charge on any atom is 0.595 e. The Hall–Kier alpha value is -5.62. The second-order valence-electron chi connectivity index (χ2n) is 11.5.